The number of rotatable bonds is 7. The first-order chi connectivity index (χ1) is 22.3. The minimum Gasteiger partial charge on any atom is -0.454 e. The third kappa shape index (κ3) is 4.91. The van der Waals surface area contributed by atoms with E-state index in [0.717, 1.165) is 67.2 Å². The predicted molar refractivity (Wildman–Crippen MR) is 189 cm³/mol. The van der Waals surface area contributed by atoms with Crippen molar-refractivity contribution in [2.75, 3.05) is 9.80 Å². The van der Waals surface area contributed by atoms with Gasteiger partial charge in [-0.25, -0.2) is 0 Å². The molecule has 0 amide bonds. The van der Waals surface area contributed by atoms with Crippen LogP contribution >= 0.6 is 0 Å². The highest BCUT2D eigenvalue weighted by Gasteiger charge is 2.25. The van der Waals surface area contributed by atoms with Crippen molar-refractivity contribution < 1.29 is 4.42 Å². The third-order valence-electron chi connectivity index (χ3n) is 8.23. The lowest BCUT2D eigenvalue weighted by Crippen LogP contribution is -2.17. The molecule has 0 saturated heterocycles. The molecule has 0 unspecified atom stereocenters. The molecule has 1 aromatic heterocycles. The van der Waals surface area contributed by atoms with Crippen LogP contribution in [0.4, 0.5) is 34.1 Å². The van der Waals surface area contributed by atoms with E-state index in [1.165, 1.54) is 0 Å². The lowest BCUT2D eigenvalue weighted by molar-refractivity contribution is 0.669. The van der Waals surface area contributed by atoms with Crippen molar-refractivity contribution in [3.05, 3.63) is 182 Å². The van der Waals surface area contributed by atoms with Crippen LogP contribution in [0.1, 0.15) is 0 Å². The van der Waals surface area contributed by atoms with E-state index in [4.69, 9.17) is 4.42 Å². The first-order valence-electron chi connectivity index (χ1n) is 15.2. The number of hydrogen-bond acceptors (Lipinski definition) is 3. The Morgan fingerprint density at radius 2 is 0.867 bits per heavy atom. The van der Waals surface area contributed by atoms with Gasteiger partial charge < -0.3 is 14.2 Å². The van der Waals surface area contributed by atoms with Gasteiger partial charge in [-0.1, -0.05) is 121 Å². The molecule has 0 aliphatic rings. The number of benzene rings is 7. The lowest BCUT2D eigenvalue weighted by Gasteiger charge is -2.33. The number of para-hydroxylation sites is 5. The summed E-state index contributed by atoms with van der Waals surface area (Å²) in [6.45, 7) is 0. The highest BCUT2D eigenvalue weighted by atomic mass is 16.3. The Balaban J connectivity index is 1.45. The molecule has 0 bridgehead atoms. The maximum Gasteiger partial charge on any atom is 0.159 e. The standard InChI is InChI=1S/C42H30N2O/c1-5-16-31(17-6-1)32-28-29-38(40(30-32)43(33-18-7-2-8-19-33)34-20-9-3-10-21-34)44(35-22-11-4-12-23-35)39-26-15-25-37-36-24-13-14-27-41(36)45-42(37)39/h1-30H. The third-order valence-corrected chi connectivity index (χ3v) is 8.23. The first-order valence-corrected chi connectivity index (χ1v) is 15.2. The number of hydrogen-bond donors (Lipinski definition) is 0. The molecule has 8 aromatic rings. The number of fused-ring (bicyclic) bond motifs is 3. The number of anilines is 6. The largest absolute Gasteiger partial charge is 0.454 e. The van der Waals surface area contributed by atoms with Gasteiger partial charge in [0.25, 0.3) is 0 Å². The monoisotopic (exact) mass is 578 g/mol. The second-order valence-electron chi connectivity index (χ2n) is 11.0. The Labute approximate surface area is 262 Å². The van der Waals surface area contributed by atoms with Gasteiger partial charge in [0.1, 0.15) is 5.58 Å². The van der Waals surface area contributed by atoms with Crippen molar-refractivity contribution in [3.8, 4) is 11.1 Å². The quantitative estimate of drug-likeness (QED) is 0.188. The lowest BCUT2D eigenvalue weighted by atomic mass is 10.0. The summed E-state index contributed by atoms with van der Waals surface area (Å²) in [5.41, 5.74) is 10.3. The van der Waals surface area contributed by atoms with Crippen molar-refractivity contribution in [2.45, 2.75) is 0 Å². The zero-order valence-corrected chi connectivity index (χ0v) is 24.6. The molecule has 8 rings (SSSR count). The van der Waals surface area contributed by atoms with E-state index in [-0.39, 0.29) is 0 Å². The summed E-state index contributed by atoms with van der Waals surface area (Å²) >= 11 is 0. The van der Waals surface area contributed by atoms with Gasteiger partial charge in [0.2, 0.25) is 0 Å². The maximum absolute atomic E-state index is 6.61. The second kappa shape index (κ2) is 11.6. The zero-order valence-electron chi connectivity index (χ0n) is 24.6. The van der Waals surface area contributed by atoms with Crippen LogP contribution in [0.2, 0.25) is 0 Å². The van der Waals surface area contributed by atoms with Gasteiger partial charge in [-0.2, -0.15) is 0 Å². The van der Waals surface area contributed by atoms with Crippen LogP contribution in [0.25, 0.3) is 33.1 Å². The van der Waals surface area contributed by atoms with Crippen LogP contribution in [0.3, 0.4) is 0 Å². The Kier molecular flexibility index (Phi) is 6.82. The summed E-state index contributed by atoms with van der Waals surface area (Å²) in [6, 6.07) is 63.7. The average molecular weight is 579 g/mol. The number of nitrogens with zero attached hydrogens (tertiary/aromatic N) is 2. The fourth-order valence-electron chi connectivity index (χ4n) is 6.18. The fraction of sp³-hybridized carbons (Fsp3) is 0. The van der Waals surface area contributed by atoms with E-state index < -0.39 is 0 Å². The summed E-state index contributed by atoms with van der Waals surface area (Å²) < 4.78 is 6.61. The van der Waals surface area contributed by atoms with Crippen LogP contribution in [-0.2, 0) is 0 Å². The van der Waals surface area contributed by atoms with E-state index in [0.29, 0.717) is 0 Å². The van der Waals surface area contributed by atoms with Crippen LogP contribution < -0.4 is 9.80 Å². The van der Waals surface area contributed by atoms with E-state index >= 15 is 0 Å². The van der Waals surface area contributed by atoms with Crippen molar-refractivity contribution in [3.63, 3.8) is 0 Å². The summed E-state index contributed by atoms with van der Waals surface area (Å²) in [4.78, 5) is 4.67. The topological polar surface area (TPSA) is 19.6 Å². The Bertz CT molecular complexity index is 2170. The van der Waals surface area contributed by atoms with E-state index in [1.807, 2.05) is 12.1 Å². The molecule has 214 valence electrons. The number of furan rings is 1. The summed E-state index contributed by atoms with van der Waals surface area (Å²) in [6.07, 6.45) is 0. The van der Waals surface area contributed by atoms with Crippen molar-refractivity contribution >= 4 is 56.1 Å². The molecule has 3 heteroatoms. The molecular formula is C42H30N2O. The minimum atomic E-state index is 0.853. The highest BCUT2D eigenvalue weighted by molar-refractivity contribution is 6.11. The van der Waals surface area contributed by atoms with E-state index in [9.17, 15) is 0 Å². The first kappa shape index (κ1) is 26.6. The van der Waals surface area contributed by atoms with Crippen molar-refractivity contribution in [1.29, 1.82) is 0 Å². The van der Waals surface area contributed by atoms with E-state index in [2.05, 4.69) is 180 Å². The highest BCUT2D eigenvalue weighted by Crippen LogP contribution is 2.49. The van der Waals surface area contributed by atoms with Crippen LogP contribution in [-0.4, -0.2) is 0 Å². The van der Waals surface area contributed by atoms with Gasteiger partial charge in [0.15, 0.2) is 5.58 Å². The summed E-state index contributed by atoms with van der Waals surface area (Å²) in [5, 5.41) is 2.20. The average Bonchev–Trinajstić information content (AvgIpc) is 3.50. The second-order valence-corrected chi connectivity index (χ2v) is 11.0. The summed E-state index contributed by atoms with van der Waals surface area (Å²) in [7, 11) is 0. The van der Waals surface area contributed by atoms with Gasteiger partial charge in [0.05, 0.1) is 17.1 Å². The summed E-state index contributed by atoms with van der Waals surface area (Å²) in [5.74, 6) is 0. The molecule has 3 nitrogen and oxygen atoms in total. The zero-order chi connectivity index (χ0) is 30.0. The molecule has 0 spiro atoms. The van der Waals surface area contributed by atoms with Crippen molar-refractivity contribution in [1.82, 2.24) is 0 Å². The molecule has 0 aliphatic carbocycles. The van der Waals surface area contributed by atoms with Crippen LogP contribution in [0, 0.1) is 0 Å². The molecule has 0 fully saturated rings. The molecule has 0 aliphatic heterocycles. The molecule has 0 atom stereocenters. The maximum atomic E-state index is 6.61. The molecule has 45 heavy (non-hydrogen) atoms. The normalized spacial score (nSPS) is 11.1. The van der Waals surface area contributed by atoms with Crippen molar-refractivity contribution in [2.24, 2.45) is 0 Å². The fourth-order valence-corrected chi connectivity index (χ4v) is 6.18. The molecule has 0 radical (unpaired) electrons. The van der Waals surface area contributed by atoms with Gasteiger partial charge in [-0.3, -0.25) is 0 Å². The van der Waals surface area contributed by atoms with Gasteiger partial charge in [-0.05, 0) is 71.8 Å². The molecule has 7 aromatic carbocycles. The van der Waals surface area contributed by atoms with Gasteiger partial charge in [0, 0.05) is 27.8 Å². The SMILES string of the molecule is c1ccc(-c2ccc(N(c3ccccc3)c3cccc4c3oc3ccccc34)c(N(c3ccccc3)c3ccccc3)c2)cc1. The van der Waals surface area contributed by atoms with E-state index in [1.54, 1.807) is 0 Å². The minimum absolute atomic E-state index is 0.853. The van der Waals surface area contributed by atoms with Gasteiger partial charge >= 0.3 is 0 Å². The molecule has 1 heterocycles. The predicted octanol–water partition coefficient (Wildman–Crippen LogP) is 12.2. The Hall–Kier alpha value is -6.06. The Morgan fingerprint density at radius 1 is 0.333 bits per heavy atom. The van der Waals surface area contributed by atoms with Gasteiger partial charge in [-0.15, -0.1) is 0 Å². The molecular weight excluding hydrogens is 548 g/mol. The molecule has 0 saturated carbocycles. The molecule has 0 N–H and O–H groups in total. The smallest absolute Gasteiger partial charge is 0.159 e. The van der Waals surface area contributed by atoms with Crippen LogP contribution in [0.15, 0.2) is 186 Å². The Morgan fingerprint density at radius 3 is 1.51 bits per heavy atom. The van der Waals surface area contributed by atoms with Crippen LogP contribution in [0.5, 0.6) is 0 Å².